The van der Waals surface area contributed by atoms with Crippen molar-refractivity contribution in [2.24, 2.45) is 16.4 Å². The van der Waals surface area contributed by atoms with Gasteiger partial charge in [-0.2, -0.15) is 5.10 Å². The van der Waals surface area contributed by atoms with Gasteiger partial charge in [-0.1, -0.05) is 64.7 Å². The third-order valence-electron chi connectivity index (χ3n) is 7.05. The molecule has 0 aromatic carbocycles. The van der Waals surface area contributed by atoms with Crippen LogP contribution in [0.4, 0.5) is 0 Å². The van der Waals surface area contributed by atoms with Crippen LogP contribution in [0.2, 0.25) is 0 Å². The molecule has 0 aliphatic carbocycles. The molecule has 47 heavy (non-hydrogen) atoms. The van der Waals surface area contributed by atoms with Gasteiger partial charge in [-0.25, -0.2) is 5.43 Å². The van der Waals surface area contributed by atoms with Gasteiger partial charge in [-0.3, -0.25) is 24.0 Å². The minimum absolute atomic E-state index is 0.0161. The van der Waals surface area contributed by atoms with E-state index in [1.807, 2.05) is 0 Å². The first-order valence-electron chi connectivity index (χ1n) is 16.6. The zero-order valence-corrected chi connectivity index (χ0v) is 29.9. The van der Waals surface area contributed by atoms with Crippen LogP contribution in [0, 0.1) is 11.3 Å². The number of nitrogens with one attached hydrogen (secondary N) is 1. The molecule has 0 aliphatic rings. The van der Waals surface area contributed by atoms with Crippen molar-refractivity contribution >= 4 is 47.8 Å². The Morgan fingerprint density at radius 2 is 1.43 bits per heavy atom. The van der Waals surface area contributed by atoms with Crippen molar-refractivity contribution in [1.82, 2.24) is 5.43 Å². The van der Waals surface area contributed by atoms with E-state index in [4.69, 9.17) is 23.7 Å². The van der Waals surface area contributed by atoms with Gasteiger partial charge in [-0.05, 0) is 33.1 Å². The predicted octanol–water partition coefficient (Wildman–Crippen LogP) is 4.93. The largest absolute Gasteiger partial charge is 0.481 e. The zero-order chi connectivity index (χ0) is 35.3. The fraction of sp³-hybridized carbons (Fsp3) is 0.818. The average Bonchev–Trinajstić information content (AvgIpc) is 3.02. The first-order chi connectivity index (χ1) is 22.4. The van der Waals surface area contributed by atoms with Gasteiger partial charge >= 0.3 is 23.9 Å². The number of hydrogen-bond donors (Lipinski definition) is 2. The van der Waals surface area contributed by atoms with Crippen molar-refractivity contribution < 1.29 is 52.8 Å². The van der Waals surface area contributed by atoms with Gasteiger partial charge in [0.05, 0.1) is 49.7 Å². The maximum Gasteiger partial charge on any atom is 0.319 e. The molecule has 14 heteroatoms. The van der Waals surface area contributed by atoms with E-state index in [1.165, 1.54) is 58.8 Å². The SMILES string of the molecule is CCCCCCCCCCCCOC(=O)C(CC(CC(C)(C)C(=O)OCCOC/C=N/NC(C)=O)C(=O)OCCOC)SCC(=O)O. The van der Waals surface area contributed by atoms with Crippen LogP contribution in [0.15, 0.2) is 5.10 Å². The lowest BCUT2D eigenvalue weighted by atomic mass is 9.81. The number of nitrogens with zero attached hydrogens (tertiary/aromatic N) is 1. The van der Waals surface area contributed by atoms with Crippen LogP contribution in [0.25, 0.3) is 0 Å². The molecule has 0 rings (SSSR count). The van der Waals surface area contributed by atoms with E-state index in [1.54, 1.807) is 13.8 Å². The van der Waals surface area contributed by atoms with E-state index in [9.17, 15) is 29.1 Å². The molecule has 0 saturated heterocycles. The number of carboxylic acid groups (broad SMARTS) is 1. The summed E-state index contributed by atoms with van der Waals surface area (Å²) in [7, 11) is 1.47. The molecule has 0 radical (unpaired) electrons. The number of methoxy groups -OCH3 is 1. The number of hydrazone groups is 1. The van der Waals surface area contributed by atoms with Gasteiger partial charge in [0.1, 0.15) is 18.5 Å². The van der Waals surface area contributed by atoms with E-state index < -0.39 is 40.5 Å². The number of rotatable bonds is 30. The number of carbonyl (C=O) groups excluding carboxylic acids is 4. The number of amides is 1. The summed E-state index contributed by atoms with van der Waals surface area (Å²) in [5.41, 5.74) is 1.09. The molecule has 0 fully saturated rings. The second-order valence-electron chi connectivity index (χ2n) is 11.9. The van der Waals surface area contributed by atoms with Crippen LogP contribution in [0.1, 0.15) is 105 Å². The van der Waals surface area contributed by atoms with Crippen molar-refractivity contribution in [3.8, 4) is 0 Å². The standard InChI is InChI=1S/C33H58N2O11S/c1-6-7-8-9-10-11-12-13-14-15-17-44-31(40)28(47-25-29(37)38)23-27(30(39)45-21-19-42-5)24-33(3,4)32(41)46-22-20-43-18-16-34-35-26(2)36/h16,27-28H,6-15,17-25H2,1-5H3,(H,35,36)(H,37,38)/b34-16+. The first kappa shape index (κ1) is 44.3. The highest BCUT2D eigenvalue weighted by Crippen LogP contribution is 2.33. The van der Waals surface area contributed by atoms with Crippen LogP contribution in [-0.2, 0) is 47.7 Å². The van der Waals surface area contributed by atoms with Crippen molar-refractivity contribution in [1.29, 1.82) is 0 Å². The van der Waals surface area contributed by atoms with E-state index in [-0.39, 0.29) is 64.1 Å². The fourth-order valence-electron chi connectivity index (χ4n) is 4.52. The number of carboxylic acids is 1. The van der Waals surface area contributed by atoms with Crippen LogP contribution < -0.4 is 5.43 Å². The van der Waals surface area contributed by atoms with Crippen LogP contribution in [0.5, 0.6) is 0 Å². The minimum Gasteiger partial charge on any atom is -0.481 e. The summed E-state index contributed by atoms with van der Waals surface area (Å²) in [6.45, 7) is 7.25. The third kappa shape index (κ3) is 25.0. The molecule has 0 aromatic rings. The maximum absolute atomic E-state index is 13.1. The topological polar surface area (TPSA) is 176 Å². The van der Waals surface area contributed by atoms with Crippen LogP contribution >= 0.6 is 11.8 Å². The Hall–Kier alpha value is -2.71. The first-order valence-corrected chi connectivity index (χ1v) is 17.7. The molecule has 0 aromatic heterocycles. The summed E-state index contributed by atoms with van der Waals surface area (Å²) in [6.07, 6.45) is 12.6. The van der Waals surface area contributed by atoms with Gasteiger partial charge in [0.25, 0.3) is 0 Å². The summed E-state index contributed by atoms with van der Waals surface area (Å²) < 4.78 is 26.5. The molecule has 1 amide bonds. The monoisotopic (exact) mass is 690 g/mol. The average molecular weight is 691 g/mol. The van der Waals surface area contributed by atoms with Crippen molar-refractivity contribution in [3.05, 3.63) is 0 Å². The molecule has 0 saturated carbocycles. The lowest BCUT2D eigenvalue weighted by Crippen LogP contribution is -2.36. The maximum atomic E-state index is 13.1. The Labute approximate surface area is 284 Å². The molecule has 272 valence electrons. The molecule has 2 N–H and O–H groups in total. The van der Waals surface area contributed by atoms with Gasteiger partial charge in [0.15, 0.2) is 0 Å². The molecule has 0 bridgehead atoms. The number of hydrogen-bond acceptors (Lipinski definition) is 12. The Balaban J connectivity index is 5.14. The van der Waals surface area contributed by atoms with Crippen molar-refractivity contribution in [2.75, 3.05) is 52.5 Å². The van der Waals surface area contributed by atoms with Gasteiger partial charge in [0.2, 0.25) is 5.91 Å². The van der Waals surface area contributed by atoms with E-state index in [0.717, 1.165) is 31.0 Å². The second kappa shape index (κ2) is 28.3. The Kier molecular flexibility index (Phi) is 26.7. The molecule has 13 nitrogen and oxygen atoms in total. The Morgan fingerprint density at radius 1 is 0.830 bits per heavy atom. The summed E-state index contributed by atoms with van der Waals surface area (Å²) in [6, 6.07) is 0. The van der Waals surface area contributed by atoms with E-state index >= 15 is 0 Å². The highest BCUT2D eigenvalue weighted by atomic mass is 32.2. The number of ether oxygens (including phenoxy) is 5. The molecule has 0 heterocycles. The minimum atomic E-state index is -1.15. The molecule has 0 aliphatic heterocycles. The van der Waals surface area contributed by atoms with E-state index in [2.05, 4.69) is 17.5 Å². The number of thioether (sulfide) groups is 1. The molecular formula is C33H58N2O11S. The smallest absolute Gasteiger partial charge is 0.319 e. The highest BCUT2D eigenvalue weighted by molar-refractivity contribution is 8.01. The molecule has 0 spiro atoms. The van der Waals surface area contributed by atoms with Crippen LogP contribution in [0.3, 0.4) is 0 Å². The summed E-state index contributed by atoms with van der Waals surface area (Å²) >= 11 is 0.882. The number of unbranched alkanes of at least 4 members (excludes halogenated alkanes) is 9. The van der Waals surface area contributed by atoms with Gasteiger partial charge < -0.3 is 28.8 Å². The third-order valence-corrected chi connectivity index (χ3v) is 8.25. The van der Waals surface area contributed by atoms with Gasteiger partial charge in [0, 0.05) is 14.0 Å². The second-order valence-corrected chi connectivity index (χ2v) is 13.1. The molecule has 2 atom stereocenters. The van der Waals surface area contributed by atoms with Crippen molar-refractivity contribution in [2.45, 2.75) is 110 Å². The lowest BCUT2D eigenvalue weighted by molar-refractivity contribution is -0.159. The summed E-state index contributed by atoms with van der Waals surface area (Å²) in [4.78, 5) is 61.3. The molecular weight excluding hydrogens is 632 g/mol. The Bertz CT molecular complexity index is 930. The number of carbonyl (C=O) groups is 5. The number of esters is 3. The quantitative estimate of drug-likeness (QED) is 0.0342. The lowest BCUT2D eigenvalue weighted by Gasteiger charge is -2.28. The fourth-order valence-corrected chi connectivity index (χ4v) is 5.44. The molecule has 2 unspecified atom stereocenters. The van der Waals surface area contributed by atoms with Crippen LogP contribution in [-0.4, -0.2) is 98.9 Å². The summed E-state index contributed by atoms with van der Waals surface area (Å²) in [5, 5.41) is 12.0. The summed E-state index contributed by atoms with van der Waals surface area (Å²) in [5.74, 6) is -4.51. The van der Waals surface area contributed by atoms with Gasteiger partial charge in [-0.15, -0.1) is 11.8 Å². The number of aliphatic carboxylic acids is 1. The highest BCUT2D eigenvalue weighted by Gasteiger charge is 2.38. The Morgan fingerprint density at radius 3 is 2.02 bits per heavy atom. The zero-order valence-electron chi connectivity index (χ0n) is 29.1. The van der Waals surface area contributed by atoms with Crippen molar-refractivity contribution in [3.63, 3.8) is 0 Å². The predicted molar refractivity (Wildman–Crippen MR) is 180 cm³/mol. The normalized spacial score (nSPS) is 12.8. The van der Waals surface area contributed by atoms with E-state index in [0.29, 0.717) is 6.42 Å².